The SMILES string of the molecule is CN(C)c1ccc(NC(=O)c2ccc(F)nc2NCCC2CC(NC(=O)OCc3ccccc3)C2)nn1. The summed E-state index contributed by atoms with van der Waals surface area (Å²) in [7, 11) is 3.68. The maximum absolute atomic E-state index is 13.8. The molecular weight excluding hydrogens is 477 g/mol. The van der Waals surface area contributed by atoms with E-state index in [1.807, 2.05) is 44.4 Å². The van der Waals surface area contributed by atoms with E-state index in [1.54, 1.807) is 17.0 Å². The highest BCUT2D eigenvalue weighted by molar-refractivity contribution is 6.07. The molecule has 0 saturated heterocycles. The average Bonchev–Trinajstić information content (AvgIpc) is 2.87. The predicted molar refractivity (Wildman–Crippen MR) is 138 cm³/mol. The summed E-state index contributed by atoms with van der Waals surface area (Å²) in [6.07, 6.45) is 2.01. The van der Waals surface area contributed by atoms with Crippen molar-refractivity contribution in [1.29, 1.82) is 0 Å². The first-order valence-corrected chi connectivity index (χ1v) is 12.1. The lowest BCUT2D eigenvalue weighted by Crippen LogP contribution is -2.44. The van der Waals surface area contributed by atoms with Crippen molar-refractivity contribution in [3.8, 4) is 0 Å². The van der Waals surface area contributed by atoms with Gasteiger partial charge in [0, 0.05) is 26.7 Å². The molecule has 3 N–H and O–H groups in total. The first-order chi connectivity index (χ1) is 17.9. The maximum Gasteiger partial charge on any atom is 0.407 e. The van der Waals surface area contributed by atoms with Crippen molar-refractivity contribution < 1.29 is 18.7 Å². The lowest BCUT2D eigenvalue weighted by Gasteiger charge is -2.35. The van der Waals surface area contributed by atoms with Gasteiger partial charge in [0.15, 0.2) is 11.6 Å². The molecule has 2 amide bonds. The third-order valence-corrected chi connectivity index (χ3v) is 6.07. The Morgan fingerprint density at radius 1 is 1.05 bits per heavy atom. The van der Waals surface area contributed by atoms with Gasteiger partial charge in [0.2, 0.25) is 5.95 Å². The molecule has 2 aromatic heterocycles. The summed E-state index contributed by atoms with van der Waals surface area (Å²) >= 11 is 0. The summed E-state index contributed by atoms with van der Waals surface area (Å²) in [4.78, 5) is 30.4. The number of rotatable bonds is 10. The molecule has 2 heterocycles. The zero-order valence-corrected chi connectivity index (χ0v) is 20.8. The van der Waals surface area contributed by atoms with E-state index >= 15 is 0 Å². The second-order valence-electron chi connectivity index (χ2n) is 9.11. The van der Waals surface area contributed by atoms with Crippen molar-refractivity contribution in [2.75, 3.05) is 36.2 Å². The molecule has 0 radical (unpaired) electrons. The second kappa shape index (κ2) is 12.1. The van der Waals surface area contributed by atoms with E-state index < -0.39 is 17.9 Å². The number of nitrogens with one attached hydrogen (secondary N) is 3. The fourth-order valence-electron chi connectivity index (χ4n) is 3.98. The molecule has 0 atom stereocenters. The van der Waals surface area contributed by atoms with E-state index in [-0.39, 0.29) is 29.8 Å². The molecule has 3 aromatic rings. The molecule has 194 valence electrons. The first-order valence-electron chi connectivity index (χ1n) is 12.1. The third kappa shape index (κ3) is 7.35. The summed E-state index contributed by atoms with van der Waals surface area (Å²) in [5, 5.41) is 16.6. The Kier molecular flexibility index (Phi) is 8.44. The van der Waals surface area contributed by atoms with E-state index in [0.717, 1.165) is 30.9 Å². The van der Waals surface area contributed by atoms with Gasteiger partial charge in [0.1, 0.15) is 12.4 Å². The number of alkyl carbamates (subject to hydrolysis) is 1. The molecule has 1 aliphatic carbocycles. The Hall–Kier alpha value is -4.28. The molecule has 10 nitrogen and oxygen atoms in total. The third-order valence-electron chi connectivity index (χ3n) is 6.07. The van der Waals surface area contributed by atoms with Crippen LogP contribution in [0, 0.1) is 11.9 Å². The van der Waals surface area contributed by atoms with Gasteiger partial charge in [-0.3, -0.25) is 4.79 Å². The van der Waals surface area contributed by atoms with Crippen molar-refractivity contribution in [3.05, 3.63) is 71.7 Å². The number of aromatic nitrogens is 3. The standard InChI is InChI=1S/C26H30FN7O3/c1-34(2)23-11-10-22(32-33-23)31-25(35)20-8-9-21(27)30-24(20)28-13-12-18-14-19(15-18)29-26(36)37-16-17-6-4-3-5-7-17/h3-11,18-19H,12-16H2,1-2H3,(H,28,30)(H,29,36)(H,31,32,35). The predicted octanol–water partition coefficient (Wildman–Crippen LogP) is 3.84. The second-order valence-corrected chi connectivity index (χ2v) is 9.11. The van der Waals surface area contributed by atoms with Gasteiger partial charge in [-0.15, -0.1) is 10.2 Å². The van der Waals surface area contributed by atoms with Gasteiger partial charge in [0.05, 0.1) is 5.56 Å². The van der Waals surface area contributed by atoms with Crippen LogP contribution in [0.1, 0.15) is 35.2 Å². The van der Waals surface area contributed by atoms with Crippen LogP contribution in [-0.4, -0.2) is 53.9 Å². The van der Waals surface area contributed by atoms with Gasteiger partial charge in [0.25, 0.3) is 5.91 Å². The van der Waals surface area contributed by atoms with Crippen LogP contribution in [0.4, 0.5) is 26.6 Å². The number of halogens is 1. The zero-order valence-electron chi connectivity index (χ0n) is 20.8. The molecule has 1 aliphatic rings. The zero-order chi connectivity index (χ0) is 26.2. The number of hydrogen-bond donors (Lipinski definition) is 3. The van der Waals surface area contributed by atoms with Crippen molar-refractivity contribution in [3.63, 3.8) is 0 Å². The van der Waals surface area contributed by atoms with Crippen LogP contribution in [-0.2, 0) is 11.3 Å². The molecule has 4 rings (SSSR count). The van der Waals surface area contributed by atoms with E-state index in [2.05, 4.69) is 31.1 Å². The molecule has 1 aromatic carbocycles. The minimum absolute atomic E-state index is 0.0712. The maximum atomic E-state index is 13.8. The van der Waals surface area contributed by atoms with E-state index in [0.29, 0.717) is 18.3 Å². The number of ether oxygens (including phenoxy) is 1. The van der Waals surface area contributed by atoms with Gasteiger partial charge < -0.3 is 25.6 Å². The normalized spacial score (nSPS) is 16.3. The highest BCUT2D eigenvalue weighted by Crippen LogP contribution is 2.30. The summed E-state index contributed by atoms with van der Waals surface area (Å²) in [5.41, 5.74) is 1.14. The number of hydrogen-bond acceptors (Lipinski definition) is 8. The number of nitrogens with zero attached hydrogens (tertiary/aromatic N) is 4. The molecule has 37 heavy (non-hydrogen) atoms. The first kappa shape index (κ1) is 25.8. The van der Waals surface area contributed by atoms with Gasteiger partial charge in [-0.1, -0.05) is 30.3 Å². The van der Waals surface area contributed by atoms with Crippen molar-refractivity contribution in [1.82, 2.24) is 20.5 Å². The fourth-order valence-corrected chi connectivity index (χ4v) is 3.98. The Morgan fingerprint density at radius 3 is 2.54 bits per heavy atom. The van der Waals surface area contributed by atoms with Crippen molar-refractivity contribution in [2.24, 2.45) is 5.92 Å². The smallest absolute Gasteiger partial charge is 0.407 e. The van der Waals surface area contributed by atoms with Gasteiger partial charge in [-0.25, -0.2) is 9.78 Å². The Bertz CT molecular complexity index is 1200. The minimum Gasteiger partial charge on any atom is -0.445 e. The van der Waals surface area contributed by atoms with Gasteiger partial charge in [-0.2, -0.15) is 4.39 Å². The minimum atomic E-state index is -0.684. The topological polar surface area (TPSA) is 121 Å². The number of benzene rings is 1. The van der Waals surface area contributed by atoms with Gasteiger partial charge in [-0.05, 0) is 55.0 Å². The highest BCUT2D eigenvalue weighted by atomic mass is 19.1. The molecule has 11 heteroatoms. The molecule has 1 fully saturated rings. The number of carbonyl (C=O) groups excluding carboxylic acids is 2. The average molecular weight is 508 g/mol. The van der Waals surface area contributed by atoms with Crippen LogP contribution in [0.15, 0.2) is 54.6 Å². The summed E-state index contributed by atoms with van der Waals surface area (Å²) < 4.78 is 19.1. The van der Waals surface area contributed by atoms with Crippen LogP contribution in [0.2, 0.25) is 0 Å². The van der Waals surface area contributed by atoms with E-state index in [9.17, 15) is 14.0 Å². The van der Waals surface area contributed by atoms with Crippen LogP contribution < -0.4 is 20.9 Å². The Balaban J connectivity index is 1.21. The molecular formula is C26H30FN7O3. The molecule has 0 unspecified atom stereocenters. The van der Waals surface area contributed by atoms with Crippen LogP contribution in [0.5, 0.6) is 0 Å². The number of anilines is 3. The van der Waals surface area contributed by atoms with Gasteiger partial charge >= 0.3 is 6.09 Å². The molecule has 0 aliphatic heterocycles. The van der Waals surface area contributed by atoms with Crippen molar-refractivity contribution >= 4 is 29.5 Å². The number of pyridine rings is 1. The lowest BCUT2D eigenvalue weighted by molar-refractivity contribution is 0.102. The van der Waals surface area contributed by atoms with Crippen molar-refractivity contribution in [2.45, 2.75) is 31.9 Å². The quantitative estimate of drug-likeness (QED) is 0.354. The molecule has 1 saturated carbocycles. The summed E-state index contributed by atoms with van der Waals surface area (Å²) in [5.74, 6) is 0.333. The monoisotopic (exact) mass is 507 g/mol. The fraction of sp³-hybridized carbons (Fsp3) is 0.346. The van der Waals surface area contributed by atoms with Crippen LogP contribution in [0.25, 0.3) is 0 Å². The summed E-state index contributed by atoms with van der Waals surface area (Å²) in [6.45, 7) is 0.737. The Morgan fingerprint density at radius 2 is 1.84 bits per heavy atom. The lowest BCUT2D eigenvalue weighted by atomic mass is 9.78. The van der Waals surface area contributed by atoms with Crippen LogP contribution in [0.3, 0.4) is 0 Å². The number of amides is 2. The Labute approximate surface area is 214 Å². The number of carbonyl (C=O) groups is 2. The molecule has 0 bridgehead atoms. The van der Waals surface area contributed by atoms with E-state index in [4.69, 9.17) is 4.74 Å². The van der Waals surface area contributed by atoms with Crippen LogP contribution >= 0.6 is 0 Å². The largest absolute Gasteiger partial charge is 0.445 e. The molecule has 0 spiro atoms. The summed E-state index contributed by atoms with van der Waals surface area (Å²) in [6, 6.07) is 15.5. The highest BCUT2D eigenvalue weighted by Gasteiger charge is 2.30. The van der Waals surface area contributed by atoms with E-state index in [1.165, 1.54) is 6.07 Å².